The number of aryl methyl sites for hydroxylation is 1. The molecule has 2 unspecified atom stereocenters. The summed E-state index contributed by atoms with van der Waals surface area (Å²) in [7, 11) is 0. The standard InChI is InChI=1S/C32H40O5S.C2H6/c1-6-25(34)16-12-7-8-13-17-32(24-14-10-9-11-15-24)20-27(35)29(30(36)37-32)38-28-18-22(2)23(21-33)19-26(28)31(3,4)5;1-2/h6-11,14-15,18-19,25,33-35H,1,12-13,16-17,20-21H2,2-5H3;1-2H3/b8-7+;. The molecule has 3 N–H and O–H groups in total. The molecule has 5 nitrogen and oxygen atoms in total. The summed E-state index contributed by atoms with van der Waals surface area (Å²) in [5.74, 6) is -0.513. The van der Waals surface area contributed by atoms with Crippen LogP contribution in [-0.2, 0) is 27.2 Å². The molecule has 0 amide bonds. The highest BCUT2D eigenvalue weighted by molar-refractivity contribution is 8.04. The lowest BCUT2D eigenvalue weighted by atomic mass is 9.83. The molecule has 2 atom stereocenters. The molecular weight excluding hydrogens is 520 g/mol. The number of aliphatic hydroxyl groups is 3. The summed E-state index contributed by atoms with van der Waals surface area (Å²) < 4.78 is 6.17. The van der Waals surface area contributed by atoms with Crippen LogP contribution < -0.4 is 0 Å². The van der Waals surface area contributed by atoms with E-state index in [0.29, 0.717) is 19.3 Å². The lowest BCUT2D eigenvalue weighted by molar-refractivity contribution is -0.160. The molecule has 0 bridgehead atoms. The second-order valence-corrected chi connectivity index (χ2v) is 11.9. The Balaban J connectivity index is 0.00000274. The Labute approximate surface area is 244 Å². The van der Waals surface area contributed by atoms with Gasteiger partial charge in [-0.3, -0.25) is 0 Å². The highest BCUT2D eigenvalue weighted by Crippen LogP contribution is 2.46. The second-order valence-electron chi connectivity index (χ2n) is 10.9. The lowest BCUT2D eigenvalue weighted by Crippen LogP contribution is -2.37. The normalized spacial score (nSPS) is 18.2. The first-order chi connectivity index (χ1) is 19.0. The molecule has 0 aliphatic carbocycles. The number of ether oxygens (including phenoxy) is 1. The van der Waals surface area contributed by atoms with Gasteiger partial charge in [0.15, 0.2) is 0 Å². The number of cyclic esters (lactones) is 1. The maximum absolute atomic E-state index is 13.5. The van der Waals surface area contributed by atoms with E-state index < -0.39 is 17.7 Å². The SMILES string of the molecule is C=CC(O)CC/C=C/CCC1(c2ccccc2)CC(O)=C(Sc2cc(C)c(CO)cc2C(C)(C)C)C(=O)O1.CC. The minimum atomic E-state index is -0.971. The summed E-state index contributed by atoms with van der Waals surface area (Å²) in [5.41, 5.74) is 2.42. The van der Waals surface area contributed by atoms with Crippen molar-refractivity contribution in [3.63, 3.8) is 0 Å². The van der Waals surface area contributed by atoms with Gasteiger partial charge in [-0.1, -0.05) is 101 Å². The predicted octanol–water partition coefficient (Wildman–Crippen LogP) is 8.18. The Bertz CT molecular complexity index is 1190. The van der Waals surface area contributed by atoms with Crippen LogP contribution in [0.4, 0.5) is 0 Å². The zero-order chi connectivity index (χ0) is 29.9. The summed E-state index contributed by atoms with van der Waals surface area (Å²) >= 11 is 1.23. The minimum Gasteiger partial charge on any atom is -0.511 e. The van der Waals surface area contributed by atoms with Crippen molar-refractivity contribution in [2.75, 3.05) is 0 Å². The van der Waals surface area contributed by atoms with Gasteiger partial charge in [-0.25, -0.2) is 4.79 Å². The van der Waals surface area contributed by atoms with Gasteiger partial charge in [0.1, 0.15) is 16.3 Å². The Kier molecular flexibility index (Phi) is 12.8. The molecule has 2 aromatic carbocycles. The molecule has 3 rings (SSSR count). The van der Waals surface area contributed by atoms with E-state index in [0.717, 1.165) is 33.6 Å². The van der Waals surface area contributed by atoms with Crippen molar-refractivity contribution in [3.8, 4) is 0 Å². The van der Waals surface area contributed by atoms with Crippen LogP contribution in [0, 0.1) is 6.92 Å². The topological polar surface area (TPSA) is 87.0 Å². The molecule has 40 heavy (non-hydrogen) atoms. The van der Waals surface area contributed by atoms with Crippen LogP contribution in [0.5, 0.6) is 0 Å². The number of thioether (sulfide) groups is 1. The number of hydrogen-bond acceptors (Lipinski definition) is 6. The number of benzene rings is 2. The third-order valence-corrected chi connectivity index (χ3v) is 8.06. The smallest absolute Gasteiger partial charge is 0.349 e. The third-order valence-electron chi connectivity index (χ3n) is 6.90. The fraction of sp³-hybridized carbons (Fsp3) is 0.441. The van der Waals surface area contributed by atoms with Gasteiger partial charge in [0.05, 0.1) is 19.1 Å². The van der Waals surface area contributed by atoms with Crippen molar-refractivity contribution in [2.24, 2.45) is 0 Å². The first-order valence-electron chi connectivity index (χ1n) is 14.1. The highest BCUT2D eigenvalue weighted by Gasteiger charge is 2.43. The average Bonchev–Trinajstić information content (AvgIpc) is 2.93. The summed E-state index contributed by atoms with van der Waals surface area (Å²) in [6.45, 7) is 15.7. The fourth-order valence-electron chi connectivity index (χ4n) is 4.63. The first-order valence-corrected chi connectivity index (χ1v) is 14.9. The number of aliphatic hydroxyl groups excluding tert-OH is 3. The van der Waals surface area contributed by atoms with E-state index in [9.17, 15) is 20.1 Å². The van der Waals surface area contributed by atoms with Gasteiger partial charge in [0, 0.05) is 4.90 Å². The number of carbonyl (C=O) groups excluding carboxylic acids is 1. The van der Waals surface area contributed by atoms with Gasteiger partial charge in [0.2, 0.25) is 0 Å². The highest BCUT2D eigenvalue weighted by atomic mass is 32.2. The molecular formula is C34H46O5S. The van der Waals surface area contributed by atoms with Crippen LogP contribution in [0.2, 0.25) is 0 Å². The average molecular weight is 567 g/mol. The Morgan fingerprint density at radius 1 is 1.12 bits per heavy atom. The fourth-order valence-corrected chi connectivity index (χ4v) is 5.88. The van der Waals surface area contributed by atoms with E-state index >= 15 is 0 Å². The van der Waals surface area contributed by atoms with E-state index in [2.05, 4.69) is 27.4 Å². The number of rotatable bonds is 11. The third kappa shape index (κ3) is 8.60. The molecule has 2 aromatic rings. The Morgan fingerprint density at radius 2 is 1.77 bits per heavy atom. The molecule has 1 aliphatic rings. The van der Waals surface area contributed by atoms with Crippen molar-refractivity contribution in [1.82, 2.24) is 0 Å². The lowest BCUT2D eigenvalue weighted by Gasteiger charge is -2.37. The van der Waals surface area contributed by atoms with Crippen LogP contribution in [0.3, 0.4) is 0 Å². The van der Waals surface area contributed by atoms with Crippen molar-refractivity contribution >= 4 is 17.7 Å². The molecule has 0 spiro atoms. The van der Waals surface area contributed by atoms with Gasteiger partial charge < -0.3 is 20.1 Å². The number of allylic oxidation sites excluding steroid dienone is 2. The van der Waals surface area contributed by atoms with Crippen molar-refractivity contribution in [2.45, 2.75) is 102 Å². The van der Waals surface area contributed by atoms with Crippen LogP contribution in [0.1, 0.15) is 89.0 Å². The van der Waals surface area contributed by atoms with Crippen molar-refractivity contribution in [3.05, 3.63) is 100 Å². The summed E-state index contributed by atoms with van der Waals surface area (Å²) in [6, 6.07) is 13.5. The Morgan fingerprint density at radius 3 is 2.35 bits per heavy atom. The van der Waals surface area contributed by atoms with Gasteiger partial charge >= 0.3 is 5.97 Å². The van der Waals surface area contributed by atoms with Gasteiger partial charge in [-0.15, -0.1) is 6.58 Å². The van der Waals surface area contributed by atoms with Crippen LogP contribution >= 0.6 is 11.8 Å². The molecule has 1 aliphatic heterocycles. The molecule has 0 saturated heterocycles. The summed E-state index contributed by atoms with van der Waals surface area (Å²) in [5, 5.41) is 30.7. The minimum absolute atomic E-state index is 0.0249. The Hall–Kier alpha value is -2.80. The number of carbonyl (C=O) groups is 1. The van der Waals surface area contributed by atoms with E-state index in [1.54, 1.807) is 0 Å². The molecule has 0 saturated carbocycles. The first kappa shape index (κ1) is 33.4. The molecule has 0 radical (unpaired) electrons. The van der Waals surface area contributed by atoms with Gasteiger partial charge in [-0.2, -0.15) is 0 Å². The number of esters is 1. The molecule has 0 fully saturated rings. The molecule has 218 valence electrons. The van der Waals surface area contributed by atoms with Gasteiger partial charge in [0.25, 0.3) is 0 Å². The van der Waals surface area contributed by atoms with Crippen molar-refractivity contribution in [1.29, 1.82) is 0 Å². The van der Waals surface area contributed by atoms with Crippen molar-refractivity contribution < 1.29 is 24.9 Å². The molecule has 6 heteroatoms. The summed E-state index contributed by atoms with van der Waals surface area (Å²) in [6.07, 6.45) is 7.74. The van der Waals surface area contributed by atoms with E-state index in [4.69, 9.17) is 4.74 Å². The largest absolute Gasteiger partial charge is 0.511 e. The van der Waals surface area contributed by atoms with E-state index in [1.807, 2.05) is 75.4 Å². The van der Waals surface area contributed by atoms with E-state index in [1.165, 1.54) is 17.8 Å². The maximum Gasteiger partial charge on any atom is 0.349 e. The van der Waals surface area contributed by atoms with Gasteiger partial charge in [-0.05, 0) is 66.3 Å². The summed E-state index contributed by atoms with van der Waals surface area (Å²) in [4.78, 5) is 14.5. The number of hydrogen-bond donors (Lipinski definition) is 3. The van der Waals surface area contributed by atoms with Crippen LogP contribution in [-0.4, -0.2) is 27.4 Å². The quantitative estimate of drug-likeness (QED) is 0.188. The van der Waals surface area contributed by atoms with Crippen LogP contribution in [0.15, 0.2) is 82.8 Å². The maximum atomic E-state index is 13.5. The zero-order valence-corrected chi connectivity index (χ0v) is 25.7. The zero-order valence-electron chi connectivity index (χ0n) is 24.9. The molecule has 1 heterocycles. The predicted molar refractivity (Wildman–Crippen MR) is 165 cm³/mol. The van der Waals surface area contributed by atoms with E-state index in [-0.39, 0.29) is 29.1 Å². The van der Waals surface area contributed by atoms with Crippen LogP contribution in [0.25, 0.3) is 0 Å². The second kappa shape index (κ2) is 15.3. The monoisotopic (exact) mass is 566 g/mol. The molecule has 0 aromatic heterocycles.